The number of hydrogen-bond donors (Lipinski definition) is 0. The van der Waals surface area contributed by atoms with Crippen molar-refractivity contribution in [1.29, 1.82) is 0 Å². The quantitative estimate of drug-likeness (QED) is 0.107. The predicted molar refractivity (Wildman–Crippen MR) is 270 cm³/mol. The van der Waals surface area contributed by atoms with E-state index in [-0.39, 0.29) is 0 Å². The van der Waals surface area contributed by atoms with Crippen LogP contribution in [0.1, 0.15) is 0 Å². The van der Waals surface area contributed by atoms with E-state index in [9.17, 15) is 0 Å². The molecule has 12 aromatic rings. The Bertz CT molecular complexity index is 3500. The third-order valence-electron chi connectivity index (χ3n) is 13.1. The Labute approximate surface area is 368 Å². The molecule has 12 rings (SSSR count). The Balaban J connectivity index is 1.16. The fraction of sp³-hybridized carbons (Fsp3) is 0. The third-order valence-corrected chi connectivity index (χ3v) is 17.9. The smallest absolute Gasteiger partial charge is 0.180 e. The highest BCUT2D eigenvalue weighted by atomic mass is 28.3. The average molecular weight is 819 g/mol. The molecule has 2 heterocycles. The second-order valence-electron chi connectivity index (χ2n) is 16.4. The molecule has 0 saturated heterocycles. The van der Waals surface area contributed by atoms with Crippen molar-refractivity contribution in [3.8, 4) is 33.6 Å². The molecular weight excluding hydrogens is 777 g/mol. The lowest BCUT2D eigenvalue weighted by Crippen LogP contribution is -2.74. The van der Waals surface area contributed by atoms with Gasteiger partial charge in [0.05, 0.1) is 22.1 Å². The van der Waals surface area contributed by atoms with Gasteiger partial charge in [-0.15, -0.1) is 0 Å². The van der Waals surface area contributed by atoms with Crippen LogP contribution in [0, 0.1) is 0 Å². The number of hydrogen-bond acceptors (Lipinski definition) is 0. The maximum Gasteiger partial charge on any atom is 0.180 e. The van der Waals surface area contributed by atoms with Crippen LogP contribution in [0.5, 0.6) is 0 Å². The molecule has 0 amide bonds. The summed E-state index contributed by atoms with van der Waals surface area (Å²) < 4.78 is 4.97. The molecule has 0 radical (unpaired) electrons. The Morgan fingerprint density at radius 2 is 0.730 bits per heavy atom. The Morgan fingerprint density at radius 1 is 0.270 bits per heavy atom. The van der Waals surface area contributed by atoms with E-state index in [2.05, 4.69) is 264 Å². The predicted octanol–water partition coefficient (Wildman–Crippen LogP) is 12.6. The first-order valence-electron chi connectivity index (χ1n) is 21.8. The molecule has 0 aliphatic rings. The van der Waals surface area contributed by atoms with E-state index in [0.717, 1.165) is 11.4 Å². The van der Waals surface area contributed by atoms with Crippen molar-refractivity contribution in [2.75, 3.05) is 0 Å². The van der Waals surface area contributed by atoms with E-state index in [0.29, 0.717) is 0 Å². The summed E-state index contributed by atoms with van der Waals surface area (Å²) in [5.74, 6) is 0. The molecule has 2 aromatic heterocycles. The first kappa shape index (κ1) is 36.8. The summed E-state index contributed by atoms with van der Waals surface area (Å²) in [7, 11) is -2.87. The summed E-state index contributed by atoms with van der Waals surface area (Å²) in [5.41, 5.74) is 11.9. The molecule has 0 aliphatic heterocycles. The molecule has 0 spiro atoms. The molecule has 2 nitrogen and oxygen atoms in total. The third kappa shape index (κ3) is 5.85. The first-order valence-corrected chi connectivity index (χ1v) is 23.8. The highest BCUT2D eigenvalue weighted by Gasteiger charge is 2.43. The Morgan fingerprint density at radius 3 is 1.37 bits per heavy atom. The average Bonchev–Trinajstić information content (AvgIpc) is 3.89. The lowest BCUT2D eigenvalue weighted by molar-refractivity contribution is 1.17. The highest BCUT2D eigenvalue weighted by Crippen LogP contribution is 2.41. The van der Waals surface area contributed by atoms with Crippen LogP contribution < -0.4 is 20.7 Å². The maximum atomic E-state index is 2.51. The topological polar surface area (TPSA) is 9.86 Å². The van der Waals surface area contributed by atoms with Gasteiger partial charge in [0.1, 0.15) is 0 Å². The van der Waals surface area contributed by atoms with E-state index < -0.39 is 8.07 Å². The number of benzene rings is 10. The summed E-state index contributed by atoms with van der Waals surface area (Å²) in [6.07, 6.45) is 0. The van der Waals surface area contributed by atoms with Gasteiger partial charge in [-0.3, -0.25) is 0 Å². The van der Waals surface area contributed by atoms with Gasteiger partial charge in [-0.1, -0.05) is 206 Å². The van der Waals surface area contributed by atoms with E-state index in [1.807, 2.05) is 0 Å². The molecular formula is C60H42N2Si. The van der Waals surface area contributed by atoms with Crippen molar-refractivity contribution < 1.29 is 0 Å². The molecule has 0 atom stereocenters. The molecule has 0 aliphatic carbocycles. The maximum absolute atomic E-state index is 2.87. The fourth-order valence-electron chi connectivity index (χ4n) is 10.4. The largest absolute Gasteiger partial charge is 0.309 e. The van der Waals surface area contributed by atoms with Crippen molar-refractivity contribution in [1.82, 2.24) is 9.13 Å². The lowest BCUT2D eigenvalue weighted by Gasteiger charge is -2.35. The van der Waals surface area contributed by atoms with Gasteiger partial charge in [0.2, 0.25) is 0 Å². The van der Waals surface area contributed by atoms with Crippen LogP contribution in [-0.4, -0.2) is 17.2 Å². The van der Waals surface area contributed by atoms with Crippen molar-refractivity contribution in [2.45, 2.75) is 0 Å². The van der Waals surface area contributed by atoms with Crippen molar-refractivity contribution in [3.05, 3.63) is 255 Å². The molecule has 0 unspecified atom stereocenters. The number of fused-ring (bicyclic) bond motifs is 6. The van der Waals surface area contributed by atoms with Crippen LogP contribution in [0.15, 0.2) is 255 Å². The molecule has 10 aromatic carbocycles. The summed E-state index contributed by atoms with van der Waals surface area (Å²) in [4.78, 5) is 0. The normalized spacial score (nSPS) is 11.8. The standard InChI is InChI=1S/C60H42N2Si/c1-6-21-43(22-7-1)45-25-18-26-46(41-45)61-55-40-39-47(42-53(55)59-51(34-19-36-56(59)61)44-23-8-2-9-24-44)62-54-35-17-16-33-52(54)60-57(62)37-20-38-58(60)63(48-27-10-3-11-28-48,49-29-12-4-13-30-49)50-31-14-5-15-32-50/h1-42H. The van der Waals surface area contributed by atoms with Crippen molar-refractivity contribution in [3.63, 3.8) is 0 Å². The van der Waals surface area contributed by atoms with Crippen LogP contribution in [-0.2, 0) is 0 Å². The summed E-state index contributed by atoms with van der Waals surface area (Å²) >= 11 is 0. The van der Waals surface area contributed by atoms with E-state index in [4.69, 9.17) is 0 Å². The van der Waals surface area contributed by atoms with E-state index in [1.54, 1.807) is 0 Å². The van der Waals surface area contributed by atoms with Crippen LogP contribution >= 0.6 is 0 Å². The molecule has 296 valence electrons. The van der Waals surface area contributed by atoms with E-state index in [1.165, 1.54) is 86.6 Å². The SMILES string of the molecule is c1ccc(-c2cccc(-n3c4ccc(-n5c6ccccc6c6c([Si](c7ccccc7)(c7ccccc7)c7ccccc7)cccc65)cc4c4c(-c5ccccc5)cccc43)c2)cc1. The molecule has 0 N–H and O–H groups in total. The minimum atomic E-state index is -2.87. The number of para-hydroxylation sites is 1. The highest BCUT2D eigenvalue weighted by molar-refractivity contribution is 7.20. The van der Waals surface area contributed by atoms with Gasteiger partial charge in [-0.05, 0) is 91.5 Å². The molecule has 0 bridgehead atoms. The zero-order chi connectivity index (χ0) is 41.7. The monoisotopic (exact) mass is 818 g/mol. The number of nitrogens with zero attached hydrogens (tertiary/aromatic N) is 2. The van der Waals surface area contributed by atoms with Crippen molar-refractivity contribution in [2.24, 2.45) is 0 Å². The van der Waals surface area contributed by atoms with Crippen LogP contribution in [0.4, 0.5) is 0 Å². The van der Waals surface area contributed by atoms with Crippen LogP contribution in [0.3, 0.4) is 0 Å². The zero-order valence-electron chi connectivity index (χ0n) is 34.6. The van der Waals surface area contributed by atoms with Crippen LogP contribution in [0.25, 0.3) is 77.2 Å². The van der Waals surface area contributed by atoms with Crippen molar-refractivity contribution >= 4 is 72.4 Å². The summed E-state index contributed by atoms with van der Waals surface area (Å²) in [6, 6.07) is 94.2. The minimum Gasteiger partial charge on any atom is -0.309 e. The summed E-state index contributed by atoms with van der Waals surface area (Å²) in [5, 5.41) is 10.5. The van der Waals surface area contributed by atoms with Gasteiger partial charge in [-0.25, -0.2) is 0 Å². The van der Waals surface area contributed by atoms with Gasteiger partial charge < -0.3 is 9.13 Å². The molecule has 0 fully saturated rings. The van der Waals surface area contributed by atoms with E-state index >= 15 is 0 Å². The van der Waals surface area contributed by atoms with Gasteiger partial charge >= 0.3 is 0 Å². The number of aromatic nitrogens is 2. The Hall–Kier alpha value is -7.98. The molecule has 63 heavy (non-hydrogen) atoms. The first-order chi connectivity index (χ1) is 31.3. The number of rotatable bonds is 8. The van der Waals surface area contributed by atoms with Gasteiger partial charge in [0.15, 0.2) is 8.07 Å². The second kappa shape index (κ2) is 15.2. The second-order valence-corrected chi connectivity index (χ2v) is 20.2. The molecule has 3 heteroatoms. The Kier molecular flexibility index (Phi) is 8.87. The lowest BCUT2D eigenvalue weighted by atomic mass is 9.99. The minimum absolute atomic E-state index is 1.14. The zero-order valence-corrected chi connectivity index (χ0v) is 35.6. The fourth-order valence-corrected chi connectivity index (χ4v) is 15.4. The molecule has 0 saturated carbocycles. The van der Waals surface area contributed by atoms with Gasteiger partial charge in [0, 0.05) is 32.9 Å². The summed E-state index contributed by atoms with van der Waals surface area (Å²) in [6.45, 7) is 0. The van der Waals surface area contributed by atoms with Gasteiger partial charge in [0.25, 0.3) is 0 Å². The van der Waals surface area contributed by atoms with Gasteiger partial charge in [-0.2, -0.15) is 0 Å². The van der Waals surface area contributed by atoms with Crippen LogP contribution in [0.2, 0.25) is 0 Å².